The van der Waals surface area contributed by atoms with E-state index in [0.29, 0.717) is 30.3 Å². The lowest BCUT2D eigenvalue weighted by atomic mass is 10.2. The van der Waals surface area contributed by atoms with E-state index in [-0.39, 0.29) is 24.0 Å². The molecule has 1 saturated heterocycles. The van der Waals surface area contributed by atoms with Crippen LogP contribution in [-0.4, -0.2) is 52.2 Å². The van der Waals surface area contributed by atoms with E-state index in [1.54, 1.807) is 6.92 Å². The number of nitrogens with one attached hydrogen (secondary N) is 2. The van der Waals surface area contributed by atoms with Crippen molar-refractivity contribution in [2.45, 2.75) is 64.7 Å². The molecule has 2 heterocycles. The number of aliphatic imine (C=N–C) groups is 1. The van der Waals surface area contributed by atoms with E-state index < -0.39 is 0 Å². The van der Waals surface area contributed by atoms with Gasteiger partial charge in [0.15, 0.2) is 11.8 Å². The van der Waals surface area contributed by atoms with Crippen LogP contribution in [0.1, 0.15) is 44.8 Å². The summed E-state index contributed by atoms with van der Waals surface area (Å²) < 4.78 is 4.97. The minimum Gasteiger partial charge on any atom is -0.357 e. The van der Waals surface area contributed by atoms with Crippen molar-refractivity contribution in [2.75, 3.05) is 13.1 Å². The third kappa shape index (κ3) is 5.03. The van der Waals surface area contributed by atoms with Gasteiger partial charge in [-0.25, -0.2) is 4.99 Å². The molecule has 1 aliphatic heterocycles. The van der Waals surface area contributed by atoms with Crippen molar-refractivity contribution in [3.05, 3.63) is 11.7 Å². The largest absolute Gasteiger partial charge is 0.357 e. The SMILES string of the molecule is CCNC(=NCc1noc(C)n1)NC1CC(C)N(C2CC2)C1.I. The first-order chi connectivity index (χ1) is 10.7. The molecule has 2 N–H and O–H groups in total. The van der Waals surface area contributed by atoms with Crippen LogP contribution < -0.4 is 10.6 Å². The Kier molecular flexibility index (Phi) is 6.63. The van der Waals surface area contributed by atoms with E-state index in [2.05, 4.69) is 44.5 Å². The van der Waals surface area contributed by atoms with E-state index in [1.165, 1.54) is 19.3 Å². The highest BCUT2D eigenvalue weighted by Crippen LogP contribution is 2.33. The lowest BCUT2D eigenvalue weighted by molar-refractivity contribution is 0.256. The normalized spacial score (nSPS) is 25.3. The minimum atomic E-state index is 0. The first-order valence-corrected chi connectivity index (χ1v) is 8.25. The second-order valence-corrected chi connectivity index (χ2v) is 6.28. The summed E-state index contributed by atoms with van der Waals surface area (Å²) in [5, 5.41) is 10.7. The third-order valence-electron chi connectivity index (χ3n) is 4.27. The molecular weight excluding hydrogens is 407 g/mol. The molecule has 7 nitrogen and oxygen atoms in total. The van der Waals surface area contributed by atoms with Crippen LogP contribution in [0, 0.1) is 6.92 Å². The van der Waals surface area contributed by atoms with E-state index in [9.17, 15) is 0 Å². The van der Waals surface area contributed by atoms with Crippen molar-refractivity contribution < 1.29 is 4.52 Å². The predicted octanol–water partition coefficient (Wildman–Crippen LogP) is 1.68. The van der Waals surface area contributed by atoms with Crippen LogP contribution in [-0.2, 0) is 6.54 Å². The maximum Gasteiger partial charge on any atom is 0.223 e. The van der Waals surface area contributed by atoms with Crippen LogP contribution in [0.3, 0.4) is 0 Å². The fourth-order valence-electron chi connectivity index (χ4n) is 3.14. The van der Waals surface area contributed by atoms with Gasteiger partial charge in [0.2, 0.25) is 5.89 Å². The summed E-state index contributed by atoms with van der Waals surface area (Å²) in [5.41, 5.74) is 0. The molecule has 0 bridgehead atoms. The second-order valence-electron chi connectivity index (χ2n) is 6.28. The number of nitrogens with zero attached hydrogens (tertiary/aromatic N) is 4. The lowest BCUT2D eigenvalue weighted by Crippen LogP contribution is -2.44. The maximum absolute atomic E-state index is 4.97. The molecule has 2 aliphatic rings. The number of rotatable bonds is 5. The van der Waals surface area contributed by atoms with Crippen LogP contribution in [0.15, 0.2) is 9.52 Å². The van der Waals surface area contributed by atoms with Gasteiger partial charge in [-0.15, -0.1) is 24.0 Å². The van der Waals surface area contributed by atoms with E-state index in [1.807, 2.05) is 0 Å². The average molecular weight is 434 g/mol. The molecule has 2 atom stereocenters. The number of likely N-dealkylation sites (tertiary alicyclic amines) is 1. The van der Waals surface area contributed by atoms with Crippen molar-refractivity contribution in [1.29, 1.82) is 0 Å². The molecule has 8 heteroatoms. The molecule has 2 fully saturated rings. The standard InChI is InChI=1S/C15H26N6O.HI/c1-4-16-15(17-8-14-18-11(3)22-20-14)19-12-7-10(2)21(9-12)13-5-6-13;/h10,12-13H,4-9H2,1-3H3,(H2,16,17,19);1H. The zero-order valence-electron chi connectivity index (χ0n) is 14.1. The van der Waals surface area contributed by atoms with Gasteiger partial charge < -0.3 is 15.2 Å². The fourth-order valence-corrected chi connectivity index (χ4v) is 3.14. The van der Waals surface area contributed by atoms with Gasteiger partial charge in [-0.1, -0.05) is 5.16 Å². The summed E-state index contributed by atoms with van der Waals surface area (Å²) in [7, 11) is 0. The van der Waals surface area contributed by atoms with Gasteiger partial charge in [0.1, 0.15) is 6.54 Å². The Labute approximate surface area is 154 Å². The summed E-state index contributed by atoms with van der Waals surface area (Å²) >= 11 is 0. The van der Waals surface area contributed by atoms with Crippen molar-refractivity contribution in [2.24, 2.45) is 4.99 Å². The molecule has 130 valence electrons. The van der Waals surface area contributed by atoms with Gasteiger partial charge >= 0.3 is 0 Å². The topological polar surface area (TPSA) is 78.6 Å². The summed E-state index contributed by atoms with van der Waals surface area (Å²) in [6.07, 6.45) is 3.90. The van der Waals surface area contributed by atoms with Crippen LogP contribution in [0.5, 0.6) is 0 Å². The number of hydrogen-bond acceptors (Lipinski definition) is 5. The van der Waals surface area contributed by atoms with Crippen LogP contribution >= 0.6 is 24.0 Å². The van der Waals surface area contributed by atoms with Crippen LogP contribution in [0.2, 0.25) is 0 Å². The molecule has 0 amide bonds. The number of aromatic nitrogens is 2. The van der Waals surface area contributed by atoms with E-state index >= 15 is 0 Å². The van der Waals surface area contributed by atoms with Crippen LogP contribution in [0.4, 0.5) is 0 Å². The maximum atomic E-state index is 4.97. The Morgan fingerprint density at radius 2 is 2.22 bits per heavy atom. The third-order valence-corrected chi connectivity index (χ3v) is 4.27. The Morgan fingerprint density at radius 3 is 2.83 bits per heavy atom. The van der Waals surface area contributed by atoms with E-state index in [4.69, 9.17) is 4.52 Å². The zero-order chi connectivity index (χ0) is 15.5. The molecular formula is C15H27IN6O. The highest BCUT2D eigenvalue weighted by atomic mass is 127. The first kappa shape index (κ1) is 18.4. The van der Waals surface area contributed by atoms with Gasteiger partial charge in [-0.3, -0.25) is 4.90 Å². The van der Waals surface area contributed by atoms with Crippen LogP contribution in [0.25, 0.3) is 0 Å². The van der Waals surface area contributed by atoms with Crippen molar-refractivity contribution >= 4 is 29.9 Å². The van der Waals surface area contributed by atoms with Gasteiger partial charge in [0, 0.05) is 38.1 Å². The molecule has 0 aromatic carbocycles. The molecule has 2 unspecified atom stereocenters. The highest BCUT2D eigenvalue weighted by Gasteiger charge is 2.38. The van der Waals surface area contributed by atoms with Gasteiger partial charge in [0.25, 0.3) is 0 Å². The molecule has 1 aliphatic carbocycles. The summed E-state index contributed by atoms with van der Waals surface area (Å²) in [6, 6.07) is 1.94. The lowest BCUT2D eigenvalue weighted by Gasteiger charge is -2.20. The molecule has 1 aromatic rings. The summed E-state index contributed by atoms with van der Waals surface area (Å²) in [5.74, 6) is 2.03. The Hall–Kier alpha value is -0.900. The molecule has 0 radical (unpaired) electrons. The monoisotopic (exact) mass is 434 g/mol. The van der Waals surface area contributed by atoms with Crippen molar-refractivity contribution in [3.8, 4) is 0 Å². The van der Waals surface area contributed by atoms with Gasteiger partial charge in [0.05, 0.1) is 0 Å². The minimum absolute atomic E-state index is 0. The first-order valence-electron chi connectivity index (χ1n) is 8.25. The molecule has 23 heavy (non-hydrogen) atoms. The molecule has 3 rings (SSSR count). The fraction of sp³-hybridized carbons (Fsp3) is 0.800. The second kappa shape index (κ2) is 8.27. The number of aryl methyl sites for hydroxylation is 1. The summed E-state index contributed by atoms with van der Waals surface area (Å²) in [6.45, 7) is 8.57. The van der Waals surface area contributed by atoms with Crippen molar-refractivity contribution in [3.63, 3.8) is 0 Å². The Bertz CT molecular complexity index is 530. The highest BCUT2D eigenvalue weighted by molar-refractivity contribution is 14.0. The number of hydrogen-bond donors (Lipinski definition) is 2. The molecule has 0 spiro atoms. The Balaban J connectivity index is 0.00000192. The molecule has 1 saturated carbocycles. The summed E-state index contributed by atoms with van der Waals surface area (Å²) in [4.78, 5) is 11.4. The Morgan fingerprint density at radius 1 is 1.43 bits per heavy atom. The van der Waals surface area contributed by atoms with Crippen molar-refractivity contribution in [1.82, 2.24) is 25.7 Å². The van der Waals surface area contributed by atoms with Gasteiger partial charge in [-0.2, -0.15) is 4.98 Å². The number of halogens is 1. The van der Waals surface area contributed by atoms with E-state index in [0.717, 1.165) is 25.1 Å². The van der Waals surface area contributed by atoms with Gasteiger partial charge in [-0.05, 0) is 33.1 Å². The average Bonchev–Trinajstić information content (AvgIpc) is 3.14. The smallest absolute Gasteiger partial charge is 0.223 e. The quantitative estimate of drug-likeness (QED) is 0.417. The predicted molar refractivity (Wildman–Crippen MR) is 100.0 cm³/mol. The number of guanidine groups is 1. The molecule has 1 aromatic heterocycles. The zero-order valence-corrected chi connectivity index (χ0v) is 16.4.